The lowest BCUT2D eigenvalue weighted by Gasteiger charge is -2.18. The van der Waals surface area contributed by atoms with Gasteiger partial charge in [0.25, 0.3) is 0 Å². The van der Waals surface area contributed by atoms with Crippen LogP contribution in [0.15, 0.2) is 0 Å². The normalized spacial score (nSPS) is 14.3. The Hall–Kier alpha value is -0.160. The molecule has 1 atom stereocenters. The molecule has 0 aromatic carbocycles. The van der Waals surface area contributed by atoms with Gasteiger partial charge < -0.3 is 0 Å². The quantitative estimate of drug-likeness (QED) is 0.340. The smallest absolute Gasteiger partial charge is 0.0222 e. The molecule has 0 fully saturated rings. The molecule has 0 aromatic heterocycles. The molecule has 0 aromatic rings. The standard InChI is InChI=1S/C5H16N4/c1-5(9(2)7)3-4-8-6/h5,8H,3-4,6-7H2,1-2H3. The summed E-state index contributed by atoms with van der Waals surface area (Å²) in [5.41, 5.74) is 2.57. The van der Waals surface area contributed by atoms with E-state index in [0.29, 0.717) is 6.04 Å². The van der Waals surface area contributed by atoms with Gasteiger partial charge in [0.1, 0.15) is 0 Å². The summed E-state index contributed by atoms with van der Waals surface area (Å²) >= 11 is 0. The molecule has 0 amide bonds. The zero-order valence-corrected chi connectivity index (χ0v) is 6.09. The van der Waals surface area contributed by atoms with Gasteiger partial charge in [0.15, 0.2) is 0 Å². The Labute approximate surface area is 56.1 Å². The summed E-state index contributed by atoms with van der Waals surface area (Å²) in [6.45, 7) is 2.86. The molecular formula is C5H16N4. The summed E-state index contributed by atoms with van der Waals surface area (Å²) < 4.78 is 0. The van der Waals surface area contributed by atoms with E-state index in [4.69, 9.17) is 11.7 Å². The van der Waals surface area contributed by atoms with Crippen LogP contribution in [0.5, 0.6) is 0 Å². The molecule has 4 nitrogen and oxygen atoms in total. The van der Waals surface area contributed by atoms with Crippen LogP contribution in [0.2, 0.25) is 0 Å². The molecule has 4 heteroatoms. The molecule has 56 valence electrons. The Morgan fingerprint density at radius 2 is 2.22 bits per heavy atom. The van der Waals surface area contributed by atoms with Crippen molar-refractivity contribution < 1.29 is 0 Å². The van der Waals surface area contributed by atoms with Gasteiger partial charge in [0.2, 0.25) is 0 Å². The SMILES string of the molecule is CC(CCNN)N(C)N. The highest BCUT2D eigenvalue weighted by atomic mass is 15.4. The van der Waals surface area contributed by atoms with E-state index in [9.17, 15) is 0 Å². The molecule has 0 aliphatic rings. The van der Waals surface area contributed by atoms with Gasteiger partial charge in [0.05, 0.1) is 0 Å². The number of hydrazine groups is 2. The number of hydrogen-bond acceptors (Lipinski definition) is 4. The zero-order chi connectivity index (χ0) is 7.28. The predicted octanol–water partition coefficient (Wildman–Crippen LogP) is -0.966. The minimum Gasteiger partial charge on any atom is -0.271 e. The largest absolute Gasteiger partial charge is 0.271 e. The average Bonchev–Trinajstić information content (AvgIpc) is 1.82. The van der Waals surface area contributed by atoms with Gasteiger partial charge in [-0.1, -0.05) is 0 Å². The van der Waals surface area contributed by atoms with Crippen LogP contribution in [-0.4, -0.2) is 24.6 Å². The zero-order valence-electron chi connectivity index (χ0n) is 6.09. The fourth-order valence-electron chi connectivity index (χ4n) is 0.496. The maximum atomic E-state index is 5.44. The number of nitrogens with one attached hydrogen (secondary N) is 1. The number of rotatable bonds is 4. The molecule has 0 aliphatic carbocycles. The second kappa shape index (κ2) is 4.69. The summed E-state index contributed by atoms with van der Waals surface area (Å²) in [6.07, 6.45) is 0.976. The van der Waals surface area contributed by atoms with Gasteiger partial charge in [-0.2, -0.15) is 0 Å². The number of nitrogens with two attached hydrogens (primary N) is 2. The van der Waals surface area contributed by atoms with Crippen LogP contribution >= 0.6 is 0 Å². The first-order valence-electron chi connectivity index (χ1n) is 3.09. The van der Waals surface area contributed by atoms with Gasteiger partial charge in [-0.15, -0.1) is 0 Å². The first kappa shape index (κ1) is 8.84. The highest BCUT2D eigenvalue weighted by Crippen LogP contribution is 1.92. The molecule has 0 radical (unpaired) electrons. The molecule has 5 N–H and O–H groups in total. The highest BCUT2D eigenvalue weighted by molar-refractivity contribution is 4.57. The molecule has 0 heterocycles. The number of hydrogen-bond donors (Lipinski definition) is 3. The van der Waals surface area contributed by atoms with Gasteiger partial charge in [-0.05, 0) is 13.3 Å². The third-order valence-electron chi connectivity index (χ3n) is 1.40. The second-order valence-electron chi connectivity index (χ2n) is 2.26. The highest BCUT2D eigenvalue weighted by Gasteiger charge is 2.01. The Balaban J connectivity index is 3.16. The van der Waals surface area contributed by atoms with Gasteiger partial charge in [-0.25, -0.2) is 5.01 Å². The third-order valence-corrected chi connectivity index (χ3v) is 1.40. The molecule has 0 spiro atoms. The summed E-state index contributed by atoms with van der Waals surface area (Å²) in [5, 5.41) is 1.68. The van der Waals surface area contributed by atoms with Gasteiger partial charge in [0, 0.05) is 19.6 Å². The Morgan fingerprint density at radius 3 is 2.56 bits per heavy atom. The van der Waals surface area contributed by atoms with Gasteiger partial charge in [-0.3, -0.25) is 17.1 Å². The Bertz CT molecular complexity index is 64.0. The van der Waals surface area contributed by atoms with E-state index < -0.39 is 0 Å². The Kier molecular flexibility index (Phi) is 4.61. The monoisotopic (exact) mass is 132 g/mol. The van der Waals surface area contributed by atoms with Crippen molar-refractivity contribution >= 4 is 0 Å². The van der Waals surface area contributed by atoms with E-state index in [1.807, 2.05) is 7.05 Å². The fourth-order valence-corrected chi connectivity index (χ4v) is 0.496. The van der Waals surface area contributed by atoms with Crippen molar-refractivity contribution in [2.45, 2.75) is 19.4 Å². The van der Waals surface area contributed by atoms with Crippen molar-refractivity contribution in [3.05, 3.63) is 0 Å². The summed E-state index contributed by atoms with van der Waals surface area (Å²) in [4.78, 5) is 0. The van der Waals surface area contributed by atoms with Crippen molar-refractivity contribution in [1.82, 2.24) is 10.4 Å². The van der Waals surface area contributed by atoms with E-state index in [1.165, 1.54) is 0 Å². The molecule has 0 aliphatic heterocycles. The van der Waals surface area contributed by atoms with Crippen LogP contribution in [-0.2, 0) is 0 Å². The summed E-state index contributed by atoms with van der Waals surface area (Å²) in [5.74, 6) is 10.5. The maximum Gasteiger partial charge on any atom is 0.0222 e. The van der Waals surface area contributed by atoms with E-state index in [1.54, 1.807) is 5.01 Å². The lowest BCUT2D eigenvalue weighted by molar-refractivity contribution is 0.252. The first-order chi connectivity index (χ1) is 4.18. The summed E-state index contributed by atoms with van der Waals surface area (Å²) in [7, 11) is 1.85. The van der Waals surface area contributed by atoms with E-state index >= 15 is 0 Å². The molecule has 0 saturated carbocycles. The lowest BCUT2D eigenvalue weighted by atomic mass is 10.2. The van der Waals surface area contributed by atoms with Crippen molar-refractivity contribution in [2.24, 2.45) is 11.7 Å². The summed E-state index contributed by atoms with van der Waals surface area (Å²) in [6, 6.07) is 0.390. The van der Waals surface area contributed by atoms with Crippen molar-refractivity contribution in [2.75, 3.05) is 13.6 Å². The molecular weight excluding hydrogens is 116 g/mol. The predicted molar refractivity (Wildman–Crippen MR) is 38.2 cm³/mol. The molecule has 0 rings (SSSR count). The average molecular weight is 132 g/mol. The van der Waals surface area contributed by atoms with Crippen molar-refractivity contribution in [1.29, 1.82) is 0 Å². The molecule has 1 unspecified atom stereocenters. The van der Waals surface area contributed by atoms with E-state index in [0.717, 1.165) is 13.0 Å². The van der Waals surface area contributed by atoms with Crippen LogP contribution in [0.4, 0.5) is 0 Å². The van der Waals surface area contributed by atoms with Crippen LogP contribution in [0, 0.1) is 0 Å². The topological polar surface area (TPSA) is 67.3 Å². The van der Waals surface area contributed by atoms with Crippen molar-refractivity contribution in [3.8, 4) is 0 Å². The van der Waals surface area contributed by atoms with Crippen LogP contribution in [0.3, 0.4) is 0 Å². The maximum absolute atomic E-state index is 5.44. The fraction of sp³-hybridized carbons (Fsp3) is 1.00. The minimum atomic E-state index is 0.390. The van der Waals surface area contributed by atoms with Gasteiger partial charge >= 0.3 is 0 Å². The molecule has 0 saturated heterocycles. The van der Waals surface area contributed by atoms with Crippen LogP contribution < -0.4 is 17.1 Å². The third kappa shape index (κ3) is 4.35. The van der Waals surface area contributed by atoms with Crippen LogP contribution in [0.25, 0.3) is 0 Å². The lowest BCUT2D eigenvalue weighted by Crippen LogP contribution is -2.38. The van der Waals surface area contributed by atoms with E-state index in [2.05, 4.69) is 12.3 Å². The second-order valence-corrected chi connectivity index (χ2v) is 2.26. The van der Waals surface area contributed by atoms with E-state index in [-0.39, 0.29) is 0 Å². The molecule has 9 heavy (non-hydrogen) atoms. The Morgan fingerprint density at radius 1 is 1.67 bits per heavy atom. The van der Waals surface area contributed by atoms with Crippen molar-refractivity contribution in [3.63, 3.8) is 0 Å². The number of nitrogens with zero attached hydrogens (tertiary/aromatic N) is 1. The first-order valence-corrected chi connectivity index (χ1v) is 3.09. The van der Waals surface area contributed by atoms with Crippen LogP contribution in [0.1, 0.15) is 13.3 Å². The molecule has 0 bridgehead atoms. The minimum absolute atomic E-state index is 0.390.